The van der Waals surface area contributed by atoms with Crippen LogP contribution in [-0.4, -0.2) is 16.6 Å². The Labute approximate surface area is 116 Å². The number of thioether (sulfide) groups is 1. The van der Waals surface area contributed by atoms with Crippen molar-refractivity contribution in [2.75, 3.05) is 16.9 Å². The first-order chi connectivity index (χ1) is 9.15. The average molecular weight is 286 g/mol. The molecular weight excluding hydrogens is 267 g/mol. The van der Waals surface area contributed by atoms with Crippen molar-refractivity contribution >= 4 is 23.1 Å². The van der Waals surface area contributed by atoms with Crippen molar-refractivity contribution in [3.05, 3.63) is 34.1 Å². The SMILES string of the molecule is CCCCCCSCNc1ccc(F)cc1[N+](=O)[O-]. The van der Waals surface area contributed by atoms with Crippen LogP contribution in [-0.2, 0) is 0 Å². The summed E-state index contributed by atoms with van der Waals surface area (Å²) in [6.07, 6.45) is 4.84. The lowest BCUT2D eigenvalue weighted by atomic mass is 10.2. The zero-order chi connectivity index (χ0) is 14.1. The number of hydrogen-bond donors (Lipinski definition) is 1. The van der Waals surface area contributed by atoms with Gasteiger partial charge in [-0.15, -0.1) is 11.8 Å². The number of halogens is 1. The molecule has 0 saturated carbocycles. The molecular formula is C13H19FN2O2S. The minimum absolute atomic E-state index is 0.216. The molecule has 0 aliphatic carbocycles. The molecule has 0 bridgehead atoms. The summed E-state index contributed by atoms with van der Waals surface area (Å²) in [5.41, 5.74) is 0.152. The largest absolute Gasteiger partial charge is 0.370 e. The maximum atomic E-state index is 12.9. The molecule has 0 atom stereocenters. The molecule has 19 heavy (non-hydrogen) atoms. The predicted molar refractivity (Wildman–Crippen MR) is 78.1 cm³/mol. The second-order valence-corrected chi connectivity index (χ2v) is 5.31. The zero-order valence-electron chi connectivity index (χ0n) is 11.0. The monoisotopic (exact) mass is 286 g/mol. The highest BCUT2D eigenvalue weighted by Gasteiger charge is 2.14. The molecule has 0 heterocycles. The maximum Gasteiger partial charge on any atom is 0.295 e. The first-order valence-electron chi connectivity index (χ1n) is 6.40. The normalized spacial score (nSPS) is 10.4. The van der Waals surface area contributed by atoms with Gasteiger partial charge in [0.05, 0.1) is 16.9 Å². The molecule has 0 saturated heterocycles. The lowest BCUT2D eigenvalue weighted by Crippen LogP contribution is -2.02. The van der Waals surface area contributed by atoms with E-state index in [2.05, 4.69) is 12.2 Å². The third-order valence-corrected chi connectivity index (χ3v) is 3.59. The van der Waals surface area contributed by atoms with Crippen LogP contribution in [0.4, 0.5) is 15.8 Å². The van der Waals surface area contributed by atoms with Crippen LogP contribution in [0.25, 0.3) is 0 Å². The number of anilines is 1. The van der Waals surface area contributed by atoms with Crippen LogP contribution in [0.1, 0.15) is 32.6 Å². The van der Waals surface area contributed by atoms with E-state index >= 15 is 0 Å². The van der Waals surface area contributed by atoms with Gasteiger partial charge in [-0.1, -0.05) is 26.2 Å². The van der Waals surface area contributed by atoms with Crippen LogP contribution in [0, 0.1) is 15.9 Å². The van der Waals surface area contributed by atoms with E-state index < -0.39 is 10.7 Å². The Bertz CT molecular complexity index is 416. The van der Waals surface area contributed by atoms with Gasteiger partial charge in [0.2, 0.25) is 0 Å². The van der Waals surface area contributed by atoms with Crippen molar-refractivity contribution in [3.63, 3.8) is 0 Å². The summed E-state index contributed by atoms with van der Waals surface area (Å²) in [4.78, 5) is 10.2. The molecule has 6 heteroatoms. The molecule has 1 aromatic carbocycles. The van der Waals surface area contributed by atoms with Crippen molar-refractivity contribution in [1.29, 1.82) is 0 Å². The molecule has 0 aliphatic rings. The molecule has 1 rings (SSSR count). The minimum Gasteiger partial charge on any atom is -0.370 e. The van der Waals surface area contributed by atoms with Gasteiger partial charge < -0.3 is 5.32 Å². The molecule has 0 spiro atoms. The van der Waals surface area contributed by atoms with Gasteiger partial charge in [-0.05, 0) is 24.3 Å². The van der Waals surface area contributed by atoms with Crippen molar-refractivity contribution in [2.45, 2.75) is 32.6 Å². The Hall–Kier alpha value is -1.30. The van der Waals surface area contributed by atoms with Crippen molar-refractivity contribution in [2.24, 2.45) is 0 Å². The van der Waals surface area contributed by atoms with Gasteiger partial charge in [0, 0.05) is 0 Å². The van der Waals surface area contributed by atoms with Crippen LogP contribution < -0.4 is 5.32 Å². The molecule has 1 aromatic rings. The van der Waals surface area contributed by atoms with Gasteiger partial charge >= 0.3 is 0 Å². The van der Waals surface area contributed by atoms with Gasteiger partial charge in [0.1, 0.15) is 11.5 Å². The fraction of sp³-hybridized carbons (Fsp3) is 0.538. The Morgan fingerprint density at radius 3 is 2.84 bits per heavy atom. The number of rotatable bonds is 9. The van der Waals surface area contributed by atoms with E-state index in [1.165, 1.54) is 31.4 Å². The van der Waals surface area contributed by atoms with Crippen LogP contribution in [0.2, 0.25) is 0 Å². The number of benzene rings is 1. The fourth-order valence-electron chi connectivity index (χ4n) is 1.64. The maximum absolute atomic E-state index is 12.9. The molecule has 106 valence electrons. The lowest BCUT2D eigenvalue weighted by Gasteiger charge is -2.07. The van der Waals surface area contributed by atoms with E-state index in [1.54, 1.807) is 11.8 Å². The molecule has 4 nitrogen and oxygen atoms in total. The van der Waals surface area contributed by atoms with Crippen LogP contribution in [0.5, 0.6) is 0 Å². The summed E-state index contributed by atoms with van der Waals surface area (Å²) in [5.74, 6) is 1.03. The zero-order valence-corrected chi connectivity index (χ0v) is 11.8. The molecule has 0 radical (unpaired) electrons. The average Bonchev–Trinajstić information content (AvgIpc) is 2.39. The highest BCUT2D eigenvalue weighted by atomic mass is 32.2. The fourth-order valence-corrected chi connectivity index (χ4v) is 2.45. The number of nitro groups is 1. The summed E-state index contributed by atoms with van der Waals surface area (Å²) in [6.45, 7) is 2.17. The van der Waals surface area contributed by atoms with E-state index in [0.29, 0.717) is 11.6 Å². The van der Waals surface area contributed by atoms with Gasteiger partial charge in [-0.25, -0.2) is 4.39 Å². The smallest absolute Gasteiger partial charge is 0.295 e. The molecule has 0 fully saturated rings. The first kappa shape index (κ1) is 15.8. The Morgan fingerprint density at radius 1 is 1.37 bits per heavy atom. The highest BCUT2D eigenvalue weighted by molar-refractivity contribution is 7.99. The Morgan fingerprint density at radius 2 is 2.16 bits per heavy atom. The summed E-state index contributed by atoms with van der Waals surface area (Å²) in [6, 6.07) is 3.57. The standard InChI is InChI=1S/C13H19FN2O2S/c1-2-3-4-5-8-19-10-15-12-7-6-11(14)9-13(12)16(17)18/h6-7,9,15H,2-5,8,10H2,1H3. The summed E-state index contributed by atoms with van der Waals surface area (Å²) in [7, 11) is 0. The third kappa shape index (κ3) is 5.92. The van der Waals surface area contributed by atoms with Crippen LogP contribution >= 0.6 is 11.8 Å². The lowest BCUT2D eigenvalue weighted by molar-refractivity contribution is -0.384. The quantitative estimate of drug-likeness (QED) is 0.316. The van der Waals surface area contributed by atoms with Crippen molar-refractivity contribution in [1.82, 2.24) is 0 Å². The number of unbranched alkanes of at least 4 members (excludes halogenated alkanes) is 3. The first-order valence-corrected chi connectivity index (χ1v) is 7.56. The van der Waals surface area contributed by atoms with Crippen molar-refractivity contribution < 1.29 is 9.31 Å². The highest BCUT2D eigenvalue weighted by Crippen LogP contribution is 2.25. The van der Waals surface area contributed by atoms with Crippen LogP contribution in [0.3, 0.4) is 0 Å². The van der Waals surface area contributed by atoms with E-state index in [0.717, 1.165) is 18.2 Å². The molecule has 0 amide bonds. The van der Waals surface area contributed by atoms with E-state index in [9.17, 15) is 14.5 Å². The predicted octanol–water partition coefficient (Wildman–Crippen LogP) is 4.42. The summed E-state index contributed by atoms with van der Waals surface area (Å²) in [5, 5.41) is 13.7. The van der Waals surface area contributed by atoms with Crippen molar-refractivity contribution in [3.8, 4) is 0 Å². The number of nitrogens with one attached hydrogen (secondary N) is 1. The number of nitrogens with zero attached hydrogens (tertiary/aromatic N) is 1. The molecule has 0 aliphatic heterocycles. The second kappa shape index (κ2) is 8.74. The Kier molecular flexibility index (Phi) is 7.25. The van der Waals surface area contributed by atoms with Crippen LogP contribution in [0.15, 0.2) is 18.2 Å². The van der Waals surface area contributed by atoms with Gasteiger partial charge in [-0.3, -0.25) is 10.1 Å². The van der Waals surface area contributed by atoms with Gasteiger partial charge in [0.25, 0.3) is 5.69 Å². The van der Waals surface area contributed by atoms with E-state index in [1.807, 2.05) is 0 Å². The third-order valence-electron chi connectivity index (χ3n) is 2.66. The molecule has 0 aromatic heterocycles. The minimum atomic E-state index is -0.593. The summed E-state index contributed by atoms with van der Waals surface area (Å²) >= 11 is 1.70. The topological polar surface area (TPSA) is 55.2 Å². The Balaban J connectivity index is 2.35. The van der Waals surface area contributed by atoms with E-state index in [-0.39, 0.29) is 5.69 Å². The molecule has 1 N–H and O–H groups in total. The number of nitro benzene ring substituents is 1. The molecule has 0 unspecified atom stereocenters. The summed E-state index contributed by atoms with van der Waals surface area (Å²) < 4.78 is 12.9. The van der Waals surface area contributed by atoms with Gasteiger partial charge in [0.15, 0.2) is 0 Å². The number of hydrogen-bond acceptors (Lipinski definition) is 4. The second-order valence-electron chi connectivity index (χ2n) is 4.21. The van der Waals surface area contributed by atoms with E-state index in [4.69, 9.17) is 0 Å². The van der Waals surface area contributed by atoms with Gasteiger partial charge in [-0.2, -0.15) is 0 Å².